The lowest BCUT2D eigenvalue weighted by molar-refractivity contribution is -0.315. The van der Waals surface area contributed by atoms with Crippen molar-refractivity contribution < 1.29 is 13.5 Å². The van der Waals surface area contributed by atoms with Crippen LogP contribution in [0.5, 0.6) is 0 Å². The van der Waals surface area contributed by atoms with Gasteiger partial charge in [-0.15, -0.1) is 0 Å². The molecule has 4 bridgehead atoms. The summed E-state index contributed by atoms with van der Waals surface area (Å²) in [5.74, 6) is 2.85. The van der Waals surface area contributed by atoms with E-state index in [2.05, 4.69) is 6.92 Å². The van der Waals surface area contributed by atoms with Gasteiger partial charge in [0.25, 0.3) is 0 Å². The zero-order valence-electron chi connectivity index (χ0n) is 13.2. The fourth-order valence-corrected chi connectivity index (χ4v) is 5.16. The van der Waals surface area contributed by atoms with Crippen molar-refractivity contribution in [1.82, 2.24) is 0 Å². The summed E-state index contributed by atoms with van der Waals surface area (Å²) < 4.78 is 33.5. The number of halogens is 2. The maximum absolute atomic E-state index is 14.1. The summed E-state index contributed by atoms with van der Waals surface area (Å²) in [7, 11) is 0. The van der Waals surface area contributed by atoms with E-state index >= 15 is 0 Å². The molecule has 0 spiro atoms. The van der Waals surface area contributed by atoms with Crippen LogP contribution in [0.15, 0.2) is 0 Å². The molecule has 116 valence electrons. The summed E-state index contributed by atoms with van der Waals surface area (Å²) >= 11 is 0. The zero-order chi connectivity index (χ0) is 14.8. The molecule has 3 unspecified atom stereocenters. The van der Waals surface area contributed by atoms with Crippen LogP contribution >= 0.6 is 0 Å². The molecule has 1 nitrogen and oxygen atoms in total. The van der Waals surface area contributed by atoms with Crippen molar-refractivity contribution in [1.29, 1.82) is 0 Å². The van der Waals surface area contributed by atoms with E-state index in [9.17, 15) is 8.78 Å². The highest BCUT2D eigenvalue weighted by atomic mass is 19.3. The maximum Gasteiger partial charge on any atom is 0.360 e. The minimum absolute atomic E-state index is 0.0312. The van der Waals surface area contributed by atoms with Gasteiger partial charge in [-0.3, -0.25) is 0 Å². The van der Waals surface area contributed by atoms with Crippen LogP contribution in [-0.4, -0.2) is 12.7 Å². The molecule has 3 heteroatoms. The van der Waals surface area contributed by atoms with Gasteiger partial charge in [0.1, 0.15) is 0 Å². The molecule has 0 aromatic rings. The highest BCUT2D eigenvalue weighted by Crippen LogP contribution is 2.63. The summed E-state index contributed by atoms with van der Waals surface area (Å²) in [6.45, 7) is 7.19. The second-order valence-corrected chi connectivity index (χ2v) is 8.81. The maximum atomic E-state index is 14.1. The second-order valence-electron chi connectivity index (χ2n) is 8.81. The molecule has 4 aliphatic carbocycles. The zero-order valence-corrected chi connectivity index (χ0v) is 13.2. The first-order chi connectivity index (χ1) is 9.13. The van der Waals surface area contributed by atoms with E-state index in [1.54, 1.807) is 20.8 Å². The van der Waals surface area contributed by atoms with Crippen LogP contribution in [0.25, 0.3) is 0 Å². The van der Waals surface area contributed by atoms with E-state index in [-0.39, 0.29) is 12.0 Å². The van der Waals surface area contributed by atoms with Crippen LogP contribution in [0.3, 0.4) is 0 Å². The predicted molar refractivity (Wildman–Crippen MR) is 75.5 cm³/mol. The summed E-state index contributed by atoms with van der Waals surface area (Å²) in [6, 6.07) is 0. The van der Waals surface area contributed by atoms with E-state index in [0.717, 1.165) is 30.6 Å². The Kier molecular flexibility index (Phi) is 3.25. The number of alkyl halides is 2. The highest BCUT2D eigenvalue weighted by molar-refractivity contribution is 5.05. The topological polar surface area (TPSA) is 9.23 Å². The van der Waals surface area contributed by atoms with Gasteiger partial charge in [0.05, 0.1) is 12.0 Å². The van der Waals surface area contributed by atoms with E-state index in [0.29, 0.717) is 5.92 Å². The third kappa shape index (κ3) is 2.20. The molecule has 3 atom stereocenters. The molecule has 0 aliphatic heterocycles. The number of ether oxygens (including phenoxy) is 1. The Hall–Kier alpha value is -0.180. The van der Waals surface area contributed by atoms with E-state index < -0.39 is 11.5 Å². The Morgan fingerprint density at radius 3 is 2.10 bits per heavy atom. The molecule has 4 saturated carbocycles. The molecule has 20 heavy (non-hydrogen) atoms. The summed E-state index contributed by atoms with van der Waals surface area (Å²) in [5.41, 5.74) is -1.10. The average molecular weight is 286 g/mol. The van der Waals surface area contributed by atoms with E-state index in [1.165, 1.54) is 19.3 Å². The Balaban J connectivity index is 1.73. The Morgan fingerprint density at radius 1 is 1.05 bits per heavy atom. The smallest absolute Gasteiger partial charge is 0.319 e. The summed E-state index contributed by atoms with van der Waals surface area (Å²) in [5, 5.41) is 0. The Morgan fingerprint density at radius 2 is 1.60 bits per heavy atom. The van der Waals surface area contributed by atoms with Crippen molar-refractivity contribution in [3.63, 3.8) is 0 Å². The summed E-state index contributed by atoms with van der Waals surface area (Å²) in [4.78, 5) is 0. The molecule has 0 aromatic carbocycles. The molecule has 4 fully saturated rings. The average Bonchev–Trinajstić information content (AvgIpc) is 2.31. The first-order valence-corrected chi connectivity index (χ1v) is 8.15. The number of hydrogen-bond acceptors (Lipinski definition) is 1. The van der Waals surface area contributed by atoms with Gasteiger partial charge in [0.15, 0.2) is 0 Å². The van der Waals surface area contributed by atoms with Gasteiger partial charge in [-0.2, -0.15) is 8.78 Å². The Bertz CT molecular complexity index is 371. The van der Waals surface area contributed by atoms with Gasteiger partial charge in [0, 0.05) is 0 Å². The standard InChI is InChI=1S/C17H28F2O/c1-11-14-6-12-5-13(7-14)9-16(11,8-12)10-20-17(18,19)15(2,3)4/h11-14H,5-10H2,1-4H3. The van der Waals surface area contributed by atoms with Gasteiger partial charge in [-0.05, 0) is 61.2 Å². The lowest BCUT2D eigenvalue weighted by Gasteiger charge is -2.60. The molecule has 0 radical (unpaired) electrons. The van der Waals surface area contributed by atoms with Crippen LogP contribution < -0.4 is 0 Å². The molecule has 0 heterocycles. The number of rotatable bonds is 3. The van der Waals surface area contributed by atoms with Crippen LogP contribution in [-0.2, 0) is 4.74 Å². The quantitative estimate of drug-likeness (QED) is 0.701. The molecular weight excluding hydrogens is 258 g/mol. The Labute approximate surface area is 121 Å². The van der Waals surface area contributed by atoms with Crippen molar-refractivity contribution >= 4 is 0 Å². The fraction of sp³-hybridized carbons (Fsp3) is 1.00. The molecule has 0 saturated heterocycles. The van der Waals surface area contributed by atoms with Crippen LogP contribution in [0.2, 0.25) is 0 Å². The molecule has 4 rings (SSSR count). The third-order valence-electron chi connectivity index (χ3n) is 6.42. The van der Waals surface area contributed by atoms with Crippen molar-refractivity contribution in [3.8, 4) is 0 Å². The van der Waals surface area contributed by atoms with Crippen molar-refractivity contribution in [2.75, 3.05) is 6.61 Å². The molecule has 0 aromatic heterocycles. The number of hydrogen-bond donors (Lipinski definition) is 0. The van der Waals surface area contributed by atoms with Gasteiger partial charge in [-0.25, -0.2) is 0 Å². The normalized spacial score (nSPS) is 44.1. The van der Waals surface area contributed by atoms with Gasteiger partial charge in [0.2, 0.25) is 0 Å². The minimum atomic E-state index is -3.03. The fourth-order valence-electron chi connectivity index (χ4n) is 5.16. The lowest BCUT2D eigenvalue weighted by Crippen LogP contribution is -2.55. The molecule has 4 aliphatic rings. The van der Waals surface area contributed by atoms with E-state index in [1.807, 2.05) is 0 Å². The van der Waals surface area contributed by atoms with Crippen molar-refractivity contribution in [3.05, 3.63) is 0 Å². The van der Waals surface area contributed by atoms with Gasteiger partial charge in [-0.1, -0.05) is 27.7 Å². The predicted octanol–water partition coefficient (Wildman–Crippen LogP) is 5.10. The minimum Gasteiger partial charge on any atom is -0.319 e. The van der Waals surface area contributed by atoms with Crippen LogP contribution in [0.1, 0.15) is 59.8 Å². The van der Waals surface area contributed by atoms with Crippen LogP contribution in [0, 0.1) is 34.5 Å². The monoisotopic (exact) mass is 286 g/mol. The largest absolute Gasteiger partial charge is 0.360 e. The SMILES string of the molecule is CC1C2CC3CC(C2)CC1(COC(F)(F)C(C)(C)C)C3. The second kappa shape index (κ2) is 4.41. The van der Waals surface area contributed by atoms with Crippen molar-refractivity contribution in [2.24, 2.45) is 34.5 Å². The first kappa shape index (κ1) is 14.7. The van der Waals surface area contributed by atoms with E-state index in [4.69, 9.17) is 4.74 Å². The van der Waals surface area contributed by atoms with Crippen molar-refractivity contribution in [2.45, 2.75) is 65.9 Å². The highest BCUT2D eigenvalue weighted by Gasteiger charge is 2.57. The van der Waals surface area contributed by atoms with Gasteiger partial charge < -0.3 is 4.74 Å². The lowest BCUT2D eigenvalue weighted by atomic mass is 9.46. The molecular formula is C17H28F2O. The van der Waals surface area contributed by atoms with Gasteiger partial charge >= 0.3 is 6.11 Å². The third-order valence-corrected chi connectivity index (χ3v) is 6.42. The summed E-state index contributed by atoms with van der Waals surface area (Å²) in [6.07, 6.45) is 3.18. The molecule has 0 N–H and O–H groups in total. The molecule has 0 amide bonds. The van der Waals surface area contributed by atoms with Crippen LogP contribution in [0.4, 0.5) is 8.78 Å². The first-order valence-electron chi connectivity index (χ1n) is 8.15.